The van der Waals surface area contributed by atoms with E-state index in [0.29, 0.717) is 0 Å². The van der Waals surface area contributed by atoms with E-state index in [0.717, 1.165) is 24.7 Å². The van der Waals surface area contributed by atoms with Crippen LogP contribution in [0.1, 0.15) is 47.0 Å². The number of hydrogen-bond donors (Lipinski definition) is 2. The van der Waals surface area contributed by atoms with Gasteiger partial charge in [-0.2, -0.15) is 0 Å². The topological polar surface area (TPSA) is 67.8 Å². The van der Waals surface area contributed by atoms with Crippen molar-refractivity contribution in [2.75, 3.05) is 0 Å². The van der Waals surface area contributed by atoms with Crippen molar-refractivity contribution in [2.45, 2.75) is 64.2 Å². The molecule has 1 atom stereocenters. The molecule has 1 aliphatic carbocycles. The molecule has 0 aromatic carbocycles. The summed E-state index contributed by atoms with van der Waals surface area (Å²) >= 11 is 0. The lowest BCUT2D eigenvalue weighted by atomic mass is 9.72. The van der Waals surface area contributed by atoms with Crippen molar-refractivity contribution in [1.82, 2.24) is 5.32 Å². The highest BCUT2D eigenvalue weighted by Gasteiger charge is 2.52. The SMILES string of the molecule is CC1(C)OB(C2=C[C@@H](NC(=O)O)CCC2)OC1(C)C. The van der Waals surface area contributed by atoms with E-state index in [1.165, 1.54) is 0 Å². The Balaban J connectivity index is 2.10. The summed E-state index contributed by atoms with van der Waals surface area (Å²) in [4.78, 5) is 10.7. The standard InChI is InChI=1S/C13H22BNO4/c1-12(2)13(3,4)19-14(18-12)9-6-5-7-10(8-9)15-11(16)17/h8,10,15H,5-7H2,1-4H3,(H,16,17)/t10-/m0/s1. The lowest BCUT2D eigenvalue weighted by Crippen LogP contribution is -2.41. The first-order valence-corrected chi connectivity index (χ1v) is 6.77. The minimum atomic E-state index is -0.989. The van der Waals surface area contributed by atoms with Crippen molar-refractivity contribution < 1.29 is 19.2 Å². The van der Waals surface area contributed by atoms with Gasteiger partial charge in [-0.25, -0.2) is 4.79 Å². The van der Waals surface area contributed by atoms with Crippen molar-refractivity contribution in [1.29, 1.82) is 0 Å². The molecule has 2 N–H and O–H groups in total. The molecule has 1 amide bonds. The molecule has 19 heavy (non-hydrogen) atoms. The lowest BCUT2D eigenvalue weighted by molar-refractivity contribution is 0.00578. The minimum Gasteiger partial charge on any atom is -0.465 e. The number of amides is 1. The van der Waals surface area contributed by atoms with Crippen LogP contribution in [0, 0.1) is 0 Å². The van der Waals surface area contributed by atoms with Gasteiger partial charge in [-0.3, -0.25) is 0 Å². The molecular weight excluding hydrogens is 245 g/mol. The van der Waals surface area contributed by atoms with Crippen LogP contribution in [0.2, 0.25) is 0 Å². The number of carboxylic acid groups (broad SMARTS) is 1. The number of nitrogens with one attached hydrogen (secondary N) is 1. The first kappa shape index (κ1) is 14.4. The van der Waals surface area contributed by atoms with Gasteiger partial charge in [-0.05, 0) is 52.4 Å². The molecular formula is C13H22BNO4. The quantitative estimate of drug-likeness (QED) is 0.753. The summed E-state index contributed by atoms with van der Waals surface area (Å²) in [5.41, 5.74) is 0.334. The Morgan fingerprint density at radius 1 is 1.37 bits per heavy atom. The van der Waals surface area contributed by atoms with E-state index in [4.69, 9.17) is 14.4 Å². The van der Waals surface area contributed by atoms with Crippen LogP contribution >= 0.6 is 0 Å². The molecule has 0 bridgehead atoms. The molecule has 1 saturated heterocycles. The van der Waals surface area contributed by atoms with Gasteiger partial charge >= 0.3 is 13.2 Å². The third kappa shape index (κ3) is 2.95. The normalized spacial score (nSPS) is 28.9. The number of carbonyl (C=O) groups is 1. The van der Waals surface area contributed by atoms with Gasteiger partial charge in [0.2, 0.25) is 0 Å². The summed E-state index contributed by atoms with van der Waals surface area (Å²) < 4.78 is 12.0. The van der Waals surface area contributed by atoms with Crippen LogP contribution in [-0.4, -0.2) is 35.6 Å². The molecule has 5 nitrogen and oxygen atoms in total. The second-order valence-corrected chi connectivity index (χ2v) is 6.28. The largest absolute Gasteiger partial charge is 0.490 e. The van der Waals surface area contributed by atoms with Crippen molar-refractivity contribution >= 4 is 13.2 Å². The van der Waals surface area contributed by atoms with E-state index in [-0.39, 0.29) is 24.4 Å². The van der Waals surface area contributed by atoms with Gasteiger partial charge in [0.15, 0.2) is 0 Å². The van der Waals surface area contributed by atoms with Gasteiger partial charge < -0.3 is 19.7 Å². The summed E-state index contributed by atoms with van der Waals surface area (Å²) in [5, 5.41) is 11.3. The molecule has 0 unspecified atom stereocenters. The highest BCUT2D eigenvalue weighted by atomic mass is 16.7. The highest BCUT2D eigenvalue weighted by Crippen LogP contribution is 2.40. The van der Waals surface area contributed by atoms with E-state index in [9.17, 15) is 4.79 Å². The molecule has 1 heterocycles. The third-order valence-corrected chi connectivity index (χ3v) is 4.26. The van der Waals surface area contributed by atoms with E-state index < -0.39 is 6.09 Å². The Kier molecular flexibility index (Phi) is 3.66. The van der Waals surface area contributed by atoms with E-state index >= 15 is 0 Å². The van der Waals surface area contributed by atoms with Crippen molar-refractivity contribution in [3.05, 3.63) is 11.5 Å². The Morgan fingerprint density at radius 3 is 2.47 bits per heavy atom. The molecule has 0 spiro atoms. The molecule has 0 saturated carbocycles. The maximum atomic E-state index is 10.7. The summed E-state index contributed by atoms with van der Waals surface area (Å²) in [6.07, 6.45) is 3.63. The van der Waals surface area contributed by atoms with Crippen LogP contribution in [0.25, 0.3) is 0 Å². The maximum Gasteiger partial charge on any atom is 0.490 e. The molecule has 0 aromatic heterocycles. The summed E-state index contributed by atoms with van der Waals surface area (Å²) in [7, 11) is -0.358. The molecule has 106 valence electrons. The first-order chi connectivity index (χ1) is 8.71. The van der Waals surface area contributed by atoms with Gasteiger partial charge in [0.05, 0.1) is 17.2 Å². The fourth-order valence-electron chi connectivity index (χ4n) is 2.41. The predicted molar refractivity (Wildman–Crippen MR) is 73.0 cm³/mol. The monoisotopic (exact) mass is 267 g/mol. The minimum absolute atomic E-state index is 0.139. The molecule has 0 aromatic rings. The van der Waals surface area contributed by atoms with E-state index in [1.54, 1.807) is 0 Å². The zero-order chi connectivity index (χ0) is 14.3. The second kappa shape index (κ2) is 4.83. The lowest BCUT2D eigenvalue weighted by Gasteiger charge is -2.32. The highest BCUT2D eigenvalue weighted by molar-refractivity contribution is 6.54. The molecule has 2 rings (SSSR count). The molecule has 0 radical (unpaired) electrons. The van der Waals surface area contributed by atoms with Crippen LogP contribution in [0.15, 0.2) is 11.5 Å². The van der Waals surface area contributed by atoms with Crippen LogP contribution in [0.4, 0.5) is 4.79 Å². The van der Waals surface area contributed by atoms with Crippen LogP contribution in [0.3, 0.4) is 0 Å². The average molecular weight is 267 g/mol. The van der Waals surface area contributed by atoms with Gasteiger partial charge in [0.1, 0.15) is 0 Å². The summed E-state index contributed by atoms with van der Waals surface area (Å²) in [5.74, 6) is 0. The van der Waals surface area contributed by atoms with Gasteiger partial charge in [0, 0.05) is 0 Å². The van der Waals surface area contributed by atoms with E-state index in [1.807, 2.05) is 33.8 Å². The van der Waals surface area contributed by atoms with E-state index in [2.05, 4.69) is 5.32 Å². The van der Waals surface area contributed by atoms with Gasteiger partial charge in [0.25, 0.3) is 0 Å². The Labute approximate surface area is 114 Å². The molecule has 6 heteroatoms. The average Bonchev–Trinajstić information content (AvgIpc) is 2.47. The van der Waals surface area contributed by atoms with Crippen molar-refractivity contribution in [2.24, 2.45) is 0 Å². The first-order valence-electron chi connectivity index (χ1n) is 6.77. The fourth-order valence-corrected chi connectivity index (χ4v) is 2.41. The zero-order valence-corrected chi connectivity index (χ0v) is 12.0. The predicted octanol–water partition coefficient (Wildman–Crippen LogP) is 2.36. The van der Waals surface area contributed by atoms with Crippen molar-refractivity contribution in [3.8, 4) is 0 Å². The molecule has 1 aliphatic heterocycles. The smallest absolute Gasteiger partial charge is 0.465 e. The van der Waals surface area contributed by atoms with Crippen molar-refractivity contribution in [3.63, 3.8) is 0 Å². The van der Waals surface area contributed by atoms with Crippen LogP contribution in [0.5, 0.6) is 0 Å². The second-order valence-electron chi connectivity index (χ2n) is 6.28. The number of hydrogen-bond acceptors (Lipinski definition) is 3. The summed E-state index contributed by atoms with van der Waals surface area (Å²) in [6.45, 7) is 8.07. The third-order valence-electron chi connectivity index (χ3n) is 4.26. The van der Waals surface area contributed by atoms with Gasteiger partial charge in [-0.15, -0.1) is 0 Å². The Bertz CT molecular complexity index is 389. The molecule has 1 fully saturated rings. The molecule has 2 aliphatic rings. The number of rotatable bonds is 2. The zero-order valence-electron chi connectivity index (χ0n) is 12.0. The summed E-state index contributed by atoms with van der Waals surface area (Å²) in [6, 6.07) is -0.139. The Hall–Kier alpha value is -1.01. The van der Waals surface area contributed by atoms with Crippen LogP contribution in [-0.2, 0) is 9.31 Å². The Morgan fingerprint density at radius 2 is 1.95 bits per heavy atom. The van der Waals surface area contributed by atoms with Gasteiger partial charge in [-0.1, -0.05) is 6.08 Å². The van der Waals surface area contributed by atoms with Crippen LogP contribution < -0.4 is 5.32 Å². The maximum absolute atomic E-state index is 10.7. The number of allylic oxidation sites excluding steroid dienone is 1. The fraction of sp³-hybridized carbons (Fsp3) is 0.769.